The SMILES string of the molecule is CCCCCCCCCCCCCCCC(=O)OC(=O)[C@@H](N)CCCCN. The monoisotopic (exact) mass is 384 g/mol. The molecule has 0 bridgehead atoms. The van der Waals surface area contributed by atoms with Gasteiger partial charge < -0.3 is 16.2 Å². The number of rotatable bonds is 19. The van der Waals surface area contributed by atoms with Gasteiger partial charge >= 0.3 is 11.9 Å². The van der Waals surface area contributed by atoms with Crippen LogP contribution in [0.3, 0.4) is 0 Å². The van der Waals surface area contributed by atoms with Gasteiger partial charge in [-0.3, -0.25) is 4.79 Å². The highest BCUT2D eigenvalue weighted by Gasteiger charge is 2.18. The van der Waals surface area contributed by atoms with Crippen LogP contribution in [0.1, 0.15) is 116 Å². The molecule has 0 unspecified atom stereocenters. The highest BCUT2D eigenvalue weighted by molar-refractivity contribution is 5.88. The summed E-state index contributed by atoms with van der Waals surface area (Å²) in [7, 11) is 0. The molecule has 0 rings (SSSR count). The topological polar surface area (TPSA) is 95.4 Å². The molecule has 0 aromatic rings. The van der Waals surface area contributed by atoms with Gasteiger partial charge in [0.15, 0.2) is 0 Å². The van der Waals surface area contributed by atoms with Gasteiger partial charge in [0, 0.05) is 6.42 Å². The second-order valence-electron chi connectivity index (χ2n) is 7.68. The molecule has 4 N–H and O–H groups in total. The predicted octanol–water partition coefficient (Wildman–Crippen LogP) is 4.99. The number of unbranched alkanes of at least 4 members (excludes halogenated alkanes) is 13. The van der Waals surface area contributed by atoms with Crippen molar-refractivity contribution in [3.05, 3.63) is 0 Å². The quantitative estimate of drug-likeness (QED) is 0.186. The Morgan fingerprint density at radius 1 is 0.741 bits per heavy atom. The maximum atomic E-state index is 11.7. The second kappa shape index (κ2) is 19.8. The van der Waals surface area contributed by atoms with Crippen molar-refractivity contribution in [3.8, 4) is 0 Å². The van der Waals surface area contributed by atoms with Gasteiger partial charge in [0.05, 0.1) is 0 Å². The molecule has 1 atom stereocenters. The predicted molar refractivity (Wildman–Crippen MR) is 112 cm³/mol. The average Bonchev–Trinajstić information content (AvgIpc) is 2.65. The molecule has 0 amide bonds. The average molecular weight is 385 g/mol. The number of hydrogen-bond donors (Lipinski definition) is 2. The van der Waals surface area contributed by atoms with Gasteiger partial charge in [-0.1, -0.05) is 90.4 Å². The zero-order valence-electron chi connectivity index (χ0n) is 17.7. The number of carbonyl (C=O) groups excluding carboxylic acids is 2. The van der Waals surface area contributed by atoms with Crippen LogP contribution in [-0.4, -0.2) is 24.5 Å². The summed E-state index contributed by atoms with van der Waals surface area (Å²) in [6.07, 6.45) is 18.8. The Kier molecular flexibility index (Phi) is 19.1. The molecule has 0 saturated heterocycles. The van der Waals surface area contributed by atoms with E-state index in [0.717, 1.165) is 32.1 Å². The number of ether oxygens (including phenoxy) is 1. The highest BCUT2D eigenvalue weighted by Crippen LogP contribution is 2.13. The zero-order chi connectivity index (χ0) is 20.2. The molecule has 0 fully saturated rings. The lowest BCUT2D eigenvalue weighted by Crippen LogP contribution is -2.33. The molecule has 5 nitrogen and oxygen atoms in total. The molecule has 0 heterocycles. The van der Waals surface area contributed by atoms with Crippen molar-refractivity contribution in [2.45, 2.75) is 122 Å². The molecule has 0 radical (unpaired) electrons. The first-order valence-corrected chi connectivity index (χ1v) is 11.3. The van der Waals surface area contributed by atoms with Gasteiger partial charge in [-0.05, 0) is 25.8 Å². The lowest BCUT2D eigenvalue weighted by Gasteiger charge is -2.09. The summed E-state index contributed by atoms with van der Waals surface area (Å²) in [5, 5.41) is 0. The fraction of sp³-hybridized carbons (Fsp3) is 0.909. The Morgan fingerprint density at radius 2 is 1.22 bits per heavy atom. The van der Waals surface area contributed by atoms with Crippen LogP contribution in [0, 0.1) is 0 Å². The van der Waals surface area contributed by atoms with E-state index in [1.807, 2.05) is 0 Å². The maximum Gasteiger partial charge on any atom is 0.330 e. The first-order chi connectivity index (χ1) is 13.1. The van der Waals surface area contributed by atoms with Gasteiger partial charge in [0.1, 0.15) is 6.04 Å². The van der Waals surface area contributed by atoms with E-state index in [9.17, 15) is 9.59 Å². The normalized spacial score (nSPS) is 12.1. The Labute approximate surface area is 167 Å². The molecule has 0 aromatic carbocycles. The van der Waals surface area contributed by atoms with Gasteiger partial charge in [0.2, 0.25) is 0 Å². The number of esters is 2. The first-order valence-electron chi connectivity index (χ1n) is 11.3. The summed E-state index contributed by atoms with van der Waals surface area (Å²) in [6.45, 7) is 2.84. The minimum absolute atomic E-state index is 0.305. The van der Waals surface area contributed by atoms with Crippen LogP contribution >= 0.6 is 0 Å². The van der Waals surface area contributed by atoms with Crippen molar-refractivity contribution >= 4 is 11.9 Å². The molecule has 0 aliphatic rings. The van der Waals surface area contributed by atoms with Crippen molar-refractivity contribution in [1.82, 2.24) is 0 Å². The third kappa shape index (κ3) is 18.2. The number of carbonyl (C=O) groups is 2. The van der Waals surface area contributed by atoms with Gasteiger partial charge in [-0.25, -0.2) is 4.79 Å². The van der Waals surface area contributed by atoms with E-state index in [1.54, 1.807) is 0 Å². The lowest BCUT2D eigenvalue weighted by molar-refractivity contribution is -0.160. The molecule has 0 aliphatic carbocycles. The first kappa shape index (κ1) is 26.1. The third-order valence-corrected chi connectivity index (χ3v) is 4.97. The van der Waals surface area contributed by atoms with Crippen LogP contribution in [0.4, 0.5) is 0 Å². The summed E-state index contributed by atoms with van der Waals surface area (Å²) >= 11 is 0. The minimum Gasteiger partial charge on any atom is -0.392 e. The largest absolute Gasteiger partial charge is 0.392 e. The molecule has 160 valence electrons. The highest BCUT2D eigenvalue weighted by atomic mass is 16.6. The van der Waals surface area contributed by atoms with E-state index in [-0.39, 0.29) is 0 Å². The van der Waals surface area contributed by atoms with E-state index in [1.165, 1.54) is 64.2 Å². The summed E-state index contributed by atoms with van der Waals surface area (Å²) in [4.78, 5) is 23.4. The van der Waals surface area contributed by atoms with Crippen molar-refractivity contribution in [2.75, 3.05) is 6.54 Å². The van der Waals surface area contributed by atoms with Crippen molar-refractivity contribution < 1.29 is 14.3 Å². The molecule has 0 spiro atoms. The standard InChI is InChI=1S/C22H44N2O3/c1-2-3-4-5-6-7-8-9-10-11-12-13-14-18-21(25)27-22(26)20(24)17-15-16-19-23/h20H,2-19,23-24H2,1H3/t20-/m0/s1. The van der Waals surface area contributed by atoms with Crippen LogP contribution in [-0.2, 0) is 14.3 Å². The molecular weight excluding hydrogens is 340 g/mol. The summed E-state index contributed by atoms with van der Waals surface area (Å²) < 4.78 is 4.82. The lowest BCUT2D eigenvalue weighted by atomic mass is 10.0. The summed E-state index contributed by atoms with van der Waals surface area (Å²) in [5.74, 6) is -1.05. The summed E-state index contributed by atoms with van der Waals surface area (Å²) in [6, 6.07) is -0.716. The van der Waals surface area contributed by atoms with E-state index in [2.05, 4.69) is 6.92 Å². The Bertz CT molecular complexity index is 361. The van der Waals surface area contributed by atoms with E-state index in [4.69, 9.17) is 16.2 Å². The minimum atomic E-state index is -0.716. The Morgan fingerprint density at radius 3 is 1.70 bits per heavy atom. The van der Waals surface area contributed by atoms with Crippen molar-refractivity contribution in [2.24, 2.45) is 11.5 Å². The van der Waals surface area contributed by atoms with Crippen molar-refractivity contribution in [1.29, 1.82) is 0 Å². The summed E-state index contributed by atoms with van der Waals surface area (Å²) in [5.41, 5.74) is 11.1. The fourth-order valence-corrected chi connectivity index (χ4v) is 3.15. The van der Waals surface area contributed by atoms with Gasteiger partial charge in [0.25, 0.3) is 0 Å². The van der Waals surface area contributed by atoms with Crippen LogP contribution in [0.5, 0.6) is 0 Å². The Hall–Kier alpha value is -0.940. The molecule has 27 heavy (non-hydrogen) atoms. The van der Waals surface area contributed by atoms with Gasteiger partial charge in [-0.2, -0.15) is 0 Å². The molecule has 0 aliphatic heterocycles. The van der Waals surface area contributed by atoms with E-state index >= 15 is 0 Å². The van der Waals surface area contributed by atoms with Crippen LogP contribution in [0.2, 0.25) is 0 Å². The van der Waals surface area contributed by atoms with Crippen LogP contribution in [0.15, 0.2) is 0 Å². The third-order valence-electron chi connectivity index (χ3n) is 4.97. The van der Waals surface area contributed by atoms with Crippen LogP contribution < -0.4 is 11.5 Å². The van der Waals surface area contributed by atoms with Crippen molar-refractivity contribution in [3.63, 3.8) is 0 Å². The molecule has 5 heteroatoms. The zero-order valence-corrected chi connectivity index (χ0v) is 17.7. The van der Waals surface area contributed by atoms with E-state index < -0.39 is 18.0 Å². The number of nitrogens with two attached hydrogens (primary N) is 2. The van der Waals surface area contributed by atoms with Gasteiger partial charge in [-0.15, -0.1) is 0 Å². The number of hydrogen-bond acceptors (Lipinski definition) is 5. The Balaban J connectivity index is 3.39. The maximum absolute atomic E-state index is 11.7. The van der Waals surface area contributed by atoms with Crippen LogP contribution in [0.25, 0.3) is 0 Å². The molecular formula is C22H44N2O3. The fourth-order valence-electron chi connectivity index (χ4n) is 3.15. The molecule has 0 aromatic heterocycles. The second-order valence-corrected chi connectivity index (χ2v) is 7.68. The van der Waals surface area contributed by atoms with E-state index in [0.29, 0.717) is 19.4 Å². The molecule has 0 saturated carbocycles. The smallest absolute Gasteiger partial charge is 0.330 e.